The van der Waals surface area contributed by atoms with Crippen molar-refractivity contribution in [2.24, 2.45) is 11.8 Å². The van der Waals surface area contributed by atoms with Gasteiger partial charge in [-0.3, -0.25) is 0 Å². The second kappa shape index (κ2) is 3.65. The molecule has 2 aliphatic carbocycles. The van der Waals surface area contributed by atoms with E-state index in [1.54, 1.807) is 0 Å². The Morgan fingerprint density at radius 1 is 1.07 bits per heavy atom. The highest BCUT2D eigenvalue weighted by atomic mass is 19.4. The lowest BCUT2D eigenvalue weighted by atomic mass is 9.64. The van der Waals surface area contributed by atoms with Gasteiger partial charge in [-0.1, -0.05) is 6.42 Å². The lowest BCUT2D eigenvalue weighted by Gasteiger charge is -2.46. The van der Waals surface area contributed by atoms with Crippen LogP contribution in [0.5, 0.6) is 0 Å². The van der Waals surface area contributed by atoms with Gasteiger partial charge in [-0.15, -0.1) is 0 Å². The van der Waals surface area contributed by atoms with Gasteiger partial charge in [0.1, 0.15) is 0 Å². The maximum Gasteiger partial charge on any atom is 0.391 e. The predicted molar refractivity (Wildman–Crippen MR) is 50.3 cm³/mol. The summed E-state index contributed by atoms with van der Waals surface area (Å²) in [5, 5.41) is 10.2. The van der Waals surface area contributed by atoms with Crippen molar-refractivity contribution in [1.29, 1.82) is 0 Å². The molecule has 0 saturated heterocycles. The van der Waals surface area contributed by atoms with Gasteiger partial charge in [0.2, 0.25) is 0 Å². The molecular weight excluding hydrogens is 205 g/mol. The van der Waals surface area contributed by atoms with E-state index in [-0.39, 0.29) is 18.8 Å². The van der Waals surface area contributed by atoms with Gasteiger partial charge in [0.05, 0.1) is 11.5 Å². The molecule has 2 unspecified atom stereocenters. The topological polar surface area (TPSA) is 20.2 Å². The summed E-state index contributed by atoms with van der Waals surface area (Å²) in [5.74, 6) is -1.15. The van der Waals surface area contributed by atoms with Crippen LogP contribution in [0.25, 0.3) is 0 Å². The van der Waals surface area contributed by atoms with Crippen LogP contribution in [0.3, 0.4) is 0 Å². The van der Waals surface area contributed by atoms with Gasteiger partial charge in [0.25, 0.3) is 0 Å². The molecule has 0 aromatic heterocycles. The van der Waals surface area contributed by atoms with Crippen molar-refractivity contribution in [3.05, 3.63) is 0 Å². The molecule has 2 saturated carbocycles. The van der Waals surface area contributed by atoms with Crippen molar-refractivity contribution in [2.75, 3.05) is 0 Å². The SMILES string of the molecule is OC1(C2CCC2)CCCC(C(F)(F)F)C1. The molecule has 4 heteroatoms. The summed E-state index contributed by atoms with van der Waals surface area (Å²) in [7, 11) is 0. The largest absolute Gasteiger partial charge is 0.391 e. The molecule has 15 heavy (non-hydrogen) atoms. The lowest BCUT2D eigenvalue weighted by molar-refractivity contribution is -0.210. The molecule has 0 aliphatic heterocycles. The smallest absolute Gasteiger partial charge is 0.390 e. The molecule has 2 fully saturated rings. The van der Waals surface area contributed by atoms with E-state index >= 15 is 0 Å². The maximum absolute atomic E-state index is 12.6. The average Bonchev–Trinajstić information content (AvgIpc) is 1.98. The average molecular weight is 222 g/mol. The molecule has 0 amide bonds. The molecule has 0 heterocycles. The molecule has 2 atom stereocenters. The zero-order valence-electron chi connectivity index (χ0n) is 8.69. The molecule has 0 bridgehead atoms. The zero-order valence-corrected chi connectivity index (χ0v) is 8.69. The fourth-order valence-electron chi connectivity index (χ4n) is 2.88. The highest BCUT2D eigenvalue weighted by Crippen LogP contribution is 2.49. The molecule has 2 aliphatic rings. The Balaban J connectivity index is 2.02. The van der Waals surface area contributed by atoms with Gasteiger partial charge < -0.3 is 5.11 Å². The first-order valence-electron chi connectivity index (χ1n) is 5.71. The first-order chi connectivity index (χ1) is 6.92. The monoisotopic (exact) mass is 222 g/mol. The van der Waals surface area contributed by atoms with Crippen molar-refractivity contribution >= 4 is 0 Å². The number of alkyl halides is 3. The Labute approximate surface area is 87.7 Å². The van der Waals surface area contributed by atoms with E-state index in [0.29, 0.717) is 12.8 Å². The Morgan fingerprint density at radius 3 is 2.20 bits per heavy atom. The Bertz CT molecular complexity index is 234. The summed E-state index contributed by atoms with van der Waals surface area (Å²) in [5.41, 5.74) is -1.02. The van der Waals surface area contributed by atoms with Crippen LogP contribution in [-0.2, 0) is 0 Å². The summed E-state index contributed by atoms with van der Waals surface area (Å²) >= 11 is 0. The van der Waals surface area contributed by atoms with Gasteiger partial charge in [0.15, 0.2) is 0 Å². The van der Waals surface area contributed by atoms with Crippen LogP contribution in [0.1, 0.15) is 44.9 Å². The maximum atomic E-state index is 12.6. The van der Waals surface area contributed by atoms with Crippen LogP contribution >= 0.6 is 0 Å². The number of hydrogen-bond acceptors (Lipinski definition) is 1. The van der Waals surface area contributed by atoms with Crippen molar-refractivity contribution in [2.45, 2.75) is 56.7 Å². The minimum absolute atomic E-state index is 0.0683. The van der Waals surface area contributed by atoms with E-state index in [2.05, 4.69) is 0 Å². The van der Waals surface area contributed by atoms with Crippen LogP contribution < -0.4 is 0 Å². The minimum Gasteiger partial charge on any atom is -0.390 e. The zero-order chi connectivity index (χ0) is 11.1. The van der Waals surface area contributed by atoms with E-state index in [1.807, 2.05) is 0 Å². The molecule has 1 nitrogen and oxygen atoms in total. The Morgan fingerprint density at radius 2 is 1.73 bits per heavy atom. The third kappa shape index (κ3) is 2.14. The highest BCUT2D eigenvalue weighted by molar-refractivity contribution is 4.96. The van der Waals surface area contributed by atoms with E-state index in [9.17, 15) is 18.3 Å². The molecule has 0 aromatic carbocycles. The molecule has 0 radical (unpaired) electrons. The molecule has 0 spiro atoms. The predicted octanol–water partition coefficient (Wildman–Crippen LogP) is 3.27. The van der Waals surface area contributed by atoms with Crippen LogP contribution in [0.4, 0.5) is 13.2 Å². The quantitative estimate of drug-likeness (QED) is 0.722. The Kier molecular flexibility index (Phi) is 2.73. The van der Waals surface area contributed by atoms with Crippen molar-refractivity contribution in [1.82, 2.24) is 0 Å². The molecule has 1 N–H and O–H groups in total. The summed E-state index contributed by atoms with van der Waals surface area (Å²) in [6, 6.07) is 0. The van der Waals surface area contributed by atoms with Gasteiger partial charge >= 0.3 is 6.18 Å². The van der Waals surface area contributed by atoms with Gasteiger partial charge in [-0.05, 0) is 44.4 Å². The van der Waals surface area contributed by atoms with Crippen molar-refractivity contribution in [3.63, 3.8) is 0 Å². The number of halogens is 3. The normalized spacial score (nSPS) is 38.8. The van der Waals surface area contributed by atoms with Crippen LogP contribution in [0.15, 0.2) is 0 Å². The van der Waals surface area contributed by atoms with E-state index in [1.165, 1.54) is 0 Å². The standard InChI is InChI=1S/C11H17F3O/c12-11(13,14)9-5-2-6-10(15,7-9)8-3-1-4-8/h8-9,15H,1-7H2. The molecule has 88 valence electrons. The first kappa shape index (κ1) is 11.2. The molecular formula is C11H17F3O. The third-order valence-electron chi connectivity index (χ3n) is 4.09. The van der Waals surface area contributed by atoms with E-state index in [0.717, 1.165) is 19.3 Å². The number of hydrogen-bond donors (Lipinski definition) is 1. The fourth-order valence-corrected chi connectivity index (χ4v) is 2.88. The van der Waals surface area contributed by atoms with Crippen LogP contribution in [0.2, 0.25) is 0 Å². The first-order valence-corrected chi connectivity index (χ1v) is 5.71. The van der Waals surface area contributed by atoms with Crippen LogP contribution in [0, 0.1) is 11.8 Å². The van der Waals surface area contributed by atoms with Crippen molar-refractivity contribution in [3.8, 4) is 0 Å². The van der Waals surface area contributed by atoms with Crippen LogP contribution in [-0.4, -0.2) is 16.9 Å². The van der Waals surface area contributed by atoms with Crippen molar-refractivity contribution < 1.29 is 18.3 Å². The fraction of sp³-hybridized carbons (Fsp3) is 1.00. The molecule has 0 aromatic rings. The summed E-state index contributed by atoms with van der Waals surface area (Å²) in [4.78, 5) is 0. The third-order valence-corrected chi connectivity index (χ3v) is 4.09. The highest BCUT2D eigenvalue weighted by Gasteiger charge is 2.50. The summed E-state index contributed by atoms with van der Waals surface area (Å²) in [6.45, 7) is 0. The number of rotatable bonds is 1. The van der Waals surface area contributed by atoms with E-state index in [4.69, 9.17) is 0 Å². The molecule has 2 rings (SSSR count). The number of aliphatic hydroxyl groups is 1. The van der Waals surface area contributed by atoms with Gasteiger partial charge in [-0.2, -0.15) is 13.2 Å². The minimum atomic E-state index is -4.13. The summed E-state index contributed by atoms with van der Waals surface area (Å²) in [6.07, 6.45) is -0.0644. The van der Waals surface area contributed by atoms with Gasteiger partial charge in [0, 0.05) is 0 Å². The second-order valence-electron chi connectivity index (χ2n) is 5.07. The van der Waals surface area contributed by atoms with Gasteiger partial charge in [-0.25, -0.2) is 0 Å². The lowest BCUT2D eigenvalue weighted by Crippen LogP contribution is -2.47. The Hall–Kier alpha value is -0.250. The van der Waals surface area contributed by atoms with E-state index < -0.39 is 17.7 Å². The second-order valence-corrected chi connectivity index (χ2v) is 5.07. The summed E-state index contributed by atoms with van der Waals surface area (Å²) < 4.78 is 37.7.